The van der Waals surface area contributed by atoms with Gasteiger partial charge in [0.25, 0.3) is 0 Å². The Hall–Kier alpha value is -0.120. The molecule has 0 spiro atoms. The van der Waals surface area contributed by atoms with Crippen LogP contribution in [0.5, 0.6) is 0 Å². The zero-order valence-corrected chi connectivity index (χ0v) is 10.7. The predicted octanol–water partition coefficient (Wildman–Crippen LogP) is 1.49. The lowest BCUT2D eigenvalue weighted by atomic mass is 10.1. The van der Waals surface area contributed by atoms with Gasteiger partial charge in [-0.3, -0.25) is 4.90 Å². The molecule has 2 fully saturated rings. The summed E-state index contributed by atoms with van der Waals surface area (Å²) in [7, 11) is 1.80. The average molecular weight is 226 g/mol. The number of methoxy groups -OCH3 is 1. The van der Waals surface area contributed by atoms with Gasteiger partial charge in [-0.2, -0.15) is 0 Å². The fourth-order valence-corrected chi connectivity index (χ4v) is 2.74. The van der Waals surface area contributed by atoms with Crippen molar-refractivity contribution in [2.45, 2.75) is 44.7 Å². The van der Waals surface area contributed by atoms with Crippen LogP contribution < -0.4 is 5.32 Å². The molecule has 2 atom stereocenters. The van der Waals surface area contributed by atoms with E-state index in [1.165, 1.54) is 38.8 Å². The van der Waals surface area contributed by atoms with Crippen molar-refractivity contribution < 1.29 is 4.74 Å². The minimum Gasteiger partial charge on any atom is -0.383 e. The van der Waals surface area contributed by atoms with E-state index < -0.39 is 0 Å². The molecule has 3 nitrogen and oxygen atoms in total. The van der Waals surface area contributed by atoms with Gasteiger partial charge in [0.15, 0.2) is 0 Å². The van der Waals surface area contributed by atoms with E-state index in [4.69, 9.17) is 4.74 Å². The van der Waals surface area contributed by atoms with Crippen LogP contribution in [0.25, 0.3) is 0 Å². The highest BCUT2D eigenvalue weighted by Gasteiger charge is 2.32. The Morgan fingerprint density at radius 1 is 1.38 bits per heavy atom. The first-order valence-electron chi connectivity index (χ1n) is 6.77. The maximum atomic E-state index is 5.23. The smallest absolute Gasteiger partial charge is 0.0589 e. The SMILES string of the molecule is COCCN(CC1CCCN1)C(C)C1CC1. The van der Waals surface area contributed by atoms with Gasteiger partial charge in [-0.05, 0) is 45.1 Å². The molecule has 1 N–H and O–H groups in total. The first-order chi connectivity index (χ1) is 7.81. The van der Waals surface area contributed by atoms with Crippen LogP contribution in [-0.4, -0.2) is 50.3 Å². The first-order valence-corrected chi connectivity index (χ1v) is 6.77. The predicted molar refractivity (Wildman–Crippen MR) is 66.7 cm³/mol. The first kappa shape index (κ1) is 12.3. The lowest BCUT2D eigenvalue weighted by molar-refractivity contribution is 0.110. The van der Waals surface area contributed by atoms with E-state index in [9.17, 15) is 0 Å². The van der Waals surface area contributed by atoms with Gasteiger partial charge < -0.3 is 10.1 Å². The van der Waals surface area contributed by atoms with E-state index in [-0.39, 0.29) is 0 Å². The molecule has 1 saturated carbocycles. The highest BCUT2D eigenvalue weighted by molar-refractivity contribution is 4.88. The molecule has 0 amide bonds. The number of rotatable bonds is 7. The third-order valence-electron chi connectivity index (χ3n) is 4.08. The third-order valence-corrected chi connectivity index (χ3v) is 4.08. The van der Waals surface area contributed by atoms with Crippen molar-refractivity contribution in [1.29, 1.82) is 0 Å². The van der Waals surface area contributed by atoms with E-state index in [0.717, 1.165) is 31.2 Å². The van der Waals surface area contributed by atoms with Gasteiger partial charge in [-0.1, -0.05) is 0 Å². The van der Waals surface area contributed by atoms with Crippen LogP contribution in [0.2, 0.25) is 0 Å². The zero-order valence-electron chi connectivity index (χ0n) is 10.7. The Balaban J connectivity index is 1.79. The normalized spacial score (nSPS) is 27.6. The fraction of sp³-hybridized carbons (Fsp3) is 1.00. The van der Waals surface area contributed by atoms with Gasteiger partial charge in [0.2, 0.25) is 0 Å². The molecule has 1 heterocycles. The maximum Gasteiger partial charge on any atom is 0.0589 e. The van der Waals surface area contributed by atoms with Crippen molar-refractivity contribution >= 4 is 0 Å². The van der Waals surface area contributed by atoms with E-state index in [2.05, 4.69) is 17.1 Å². The molecule has 0 bridgehead atoms. The minimum atomic E-state index is 0.720. The van der Waals surface area contributed by atoms with Crippen LogP contribution in [0.15, 0.2) is 0 Å². The molecule has 1 aliphatic heterocycles. The van der Waals surface area contributed by atoms with Crippen molar-refractivity contribution in [2.75, 3.05) is 33.4 Å². The van der Waals surface area contributed by atoms with Crippen LogP contribution >= 0.6 is 0 Å². The van der Waals surface area contributed by atoms with Gasteiger partial charge in [0.1, 0.15) is 0 Å². The molecule has 0 aromatic heterocycles. The molecule has 94 valence electrons. The summed E-state index contributed by atoms with van der Waals surface area (Å²) >= 11 is 0. The molecule has 0 aromatic rings. The standard InChI is InChI=1S/C13H26N2O/c1-11(12-5-6-12)15(8-9-16-2)10-13-4-3-7-14-13/h11-14H,3-10H2,1-2H3. The summed E-state index contributed by atoms with van der Waals surface area (Å²) < 4.78 is 5.23. The molecule has 3 heteroatoms. The van der Waals surface area contributed by atoms with Crippen molar-refractivity contribution in [3.05, 3.63) is 0 Å². The lowest BCUT2D eigenvalue weighted by Crippen LogP contribution is -2.44. The highest BCUT2D eigenvalue weighted by Crippen LogP contribution is 2.35. The highest BCUT2D eigenvalue weighted by atomic mass is 16.5. The van der Waals surface area contributed by atoms with Crippen molar-refractivity contribution in [2.24, 2.45) is 5.92 Å². The van der Waals surface area contributed by atoms with E-state index in [1.54, 1.807) is 7.11 Å². The number of hydrogen-bond acceptors (Lipinski definition) is 3. The van der Waals surface area contributed by atoms with Crippen LogP contribution in [0.3, 0.4) is 0 Å². The molecule has 2 aliphatic rings. The van der Waals surface area contributed by atoms with Gasteiger partial charge in [0.05, 0.1) is 6.61 Å². The second-order valence-electron chi connectivity index (χ2n) is 5.36. The second kappa shape index (κ2) is 5.99. The fourth-order valence-electron chi connectivity index (χ4n) is 2.74. The lowest BCUT2D eigenvalue weighted by Gasteiger charge is -2.31. The Morgan fingerprint density at radius 2 is 2.19 bits per heavy atom. The molecule has 2 unspecified atom stereocenters. The number of nitrogens with zero attached hydrogens (tertiary/aromatic N) is 1. The van der Waals surface area contributed by atoms with E-state index in [0.29, 0.717) is 0 Å². The molecule has 0 radical (unpaired) electrons. The summed E-state index contributed by atoms with van der Waals surface area (Å²) in [5, 5.41) is 3.60. The molecule has 16 heavy (non-hydrogen) atoms. The Morgan fingerprint density at radius 3 is 2.75 bits per heavy atom. The average Bonchev–Trinajstić information content (AvgIpc) is 3.02. The van der Waals surface area contributed by atoms with Crippen LogP contribution in [0, 0.1) is 5.92 Å². The summed E-state index contributed by atoms with van der Waals surface area (Å²) in [6.07, 6.45) is 5.56. The van der Waals surface area contributed by atoms with Gasteiger partial charge in [-0.25, -0.2) is 0 Å². The Bertz CT molecular complexity index is 200. The zero-order chi connectivity index (χ0) is 11.4. The largest absolute Gasteiger partial charge is 0.383 e. The molecular weight excluding hydrogens is 200 g/mol. The number of nitrogens with one attached hydrogen (secondary N) is 1. The maximum absolute atomic E-state index is 5.23. The molecule has 0 aromatic carbocycles. The summed E-state index contributed by atoms with van der Waals surface area (Å²) in [6.45, 7) is 6.76. The Labute approximate surface area is 99.5 Å². The minimum absolute atomic E-state index is 0.720. The number of hydrogen-bond donors (Lipinski definition) is 1. The van der Waals surface area contributed by atoms with E-state index in [1.807, 2.05) is 0 Å². The van der Waals surface area contributed by atoms with Gasteiger partial charge >= 0.3 is 0 Å². The topological polar surface area (TPSA) is 24.5 Å². The molecule has 2 rings (SSSR count). The van der Waals surface area contributed by atoms with Crippen LogP contribution in [0.4, 0.5) is 0 Å². The van der Waals surface area contributed by atoms with Crippen molar-refractivity contribution in [3.8, 4) is 0 Å². The van der Waals surface area contributed by atoms with E-state index >= 15 is 0 Å². The van der Waals surface area contributed by atoms with Gasteiger partial charge in [0, 0.05) is 32.3 Å². The quantitative estimate of drug-likeness (QED) is 0.712. The van der Waals surface area contributed by atoms with Crippen LogP contribution in [-0.2, 0) is 4.74 Å². The molecular formula is C13H26N2O. The summed E-state index contributed by atoms with van der Waals surface area (Å²) in [6, 6.07) is 1.47. The number of ether oxygens (including phenoxy) is 1. The Kier molecular flexibility index (Phi) is 4.62. The summed E-state index contributed by atoms with van der Waals surface area (Å²) in [4.78, 5) is 2.63. The van der Waals surface area contributed by atoms with Gasteiger partial charge in [-0.15, -0.1) is 0 Å². The molecule has 1 aliphatic carbocycles. The van der Waals surface area contributed by atoms with Crippen molar-refractivity contribution in [1.82, 2.24) is 10.2 Å². The third kappa shape index (κ3) is 3.44. The van der Waals surface area contributed by atoms with Crippen LogP contribution in [0.1, 0.15) is 32.6 Å². The molecule has 1 saturated heterocycles. The monoisotopic (exact) mass is 226 g/mol. The second-order valence-corrected chi connectivity index (χ2v) is 5.36. The summed E-state index contributed by atoms with van der Waals surface area (Å²) in [5.74, 6) is 0.957. The van der Waals surface area contributed by atoms with Crippen molar-refractivity contribution in [3.63, 3.8) is 0 Å². The summed E-state index contributed by atoms with van der Waals surface area (Å²) in [5.41, 5.74) is 0.